The van der Waals surface area contributed by atoms with Gasteiger partial charge in [-0.25, -0.2) is 0 Å². The SMILES string of the molecule is CCC(NCC1CCOC1)c1ccc(Br)cc1. The van der Waals surface area contributed by atoms with Crippen molar-refractivity contribution >= 4 is 15.9 Å². The fourth-order valence-electron chi connectivity index (χ4n) is 2.25. The Morgan fingerprint density at radius 1 is 1.41 bits per heavy atom. The quantitative estimate of drug-likeness (QED) is 0.898. The van der Waals surface area contributed by atoms with E-state index in [9.17, 15) is 0 Å². The third-order valence-corrected chi connectivity index (χ3v) is 3.89. The van der Waals surface area contributed by atoms with Crippen LogP contribution < -0.4 is 5.32 Å². The number of rotatable bonds is 5. The third-order valence-electron chi connectivity index (χ3n) is 3.36. The van der Waals surface area contributed by atoms with E-state index in [4.69, 9.17) is 4.74 Å². The summed E-state index contributed by atoms with van der Waals surface area (Å²) in [5, 5.41) is 3.65. The van der Waals surface area contributed by atoms with Crippen molar-refractivity contribution < 1.29 is 4.74 Å². The van der Waals surface area contributed by atoms with Crippen molar-refractivity contribution in [1.82, 2.24) is 5.32 Å². The molecule has 1 saturated heterocycles. The van der Waals surface area contributed by atoms with Gasteiger partial charge in [0, 0.05) is 23.7 Å². The molecule has 1 aromatic rings. The molecule has 0 bridgehead atoms. The van der Waals surface area contributed by atoms with Crippen molar-refractivity contribution in [3.05, 3.63) is 34.3 Å². The van der Waals surface area contributed by atoms with Crippen molar-refractivity contribution in [3.8, 4) is 0 Å². The first kappa shape index (κ1) is 13.1. The van der Waals surface area contributed by atoms with E-state index in [0.717, 1.165) is 30.7 Å². The first-order chi connectivity index (χ1) is 8.29. The second-order valence-corrected chi connectivity index (χ2v) is 5.57. The maximum Gasteiger partial charge on any atom is 0.0507 e. The lowest BCUT2D eigenvalue weighted by molar-refractivity contribution is 0.184. The van der Waals surface area contributed by atoms with Crippen molar-refractivity contribution in [3.63, 3.8) is 0 Å². The van der Waals surface area contributed by atoms with Gasteiger partial charge in [0.15, 0.2) is 0 Å². The van der Waals surface area contributed by atoms with E-state index in [1.165, 1.54) is 12.0 Å². The molecular formula is C14H20BrNO. The Kier molecular flexibility index (Phi) is 5.01. The highest BCUT2D eigenvalue weighted by Crippen LogP contribution is 2.20. The van der Waals surface area contributed by atoms with Crippen molar-refractivity contribution in [2.24, 2.45) is 5.92 Å². The summed E-state index contributed by atoms with van der Waals surface area (Å²) in [6.45, 7) is 5.14. The fraction of sp³-hybridized carbons (Fsp3) is 0.571. The minimum Gasteiger partial charge on any atom is -0.381 e. The third kappa shape index (κ3) is 3.80. The van der Waals surface area contributed by atoms with Gasteiger partial charge in [-0.3, -0.25) is 0 Å². The molecule has 0 radical (unpaired) electrons. The fourth-order valence-corrected chi connectivity index (χ4v) is 2.51. The van der Waals surface area contributed by atoms with Gasteiger partial charge in [0.2, 0.25) is 0 Å². The Morgan fingerprint density at radius 2 is 2.18 bits per heavy atom. The van der Waals surface area contributed by atoms with Crippen LogP contribution >= 0.6 is 15.9 Å². The topological polar surface area (TPSA) is 21.3 Å². The Morgan fingerprint density at radius 3 is 2.76 bits per heavy atom. The average Bonchev–Trinajstić information content (AvgIpc) is 2.85. The largest absolute Gasteiger partial charge is 0.381 e. The summed E-state index contributed by atoms with van der Waals surface area (Å²) in [5.74, 6) is 0.694. The van der Waals surface area contributed by atoms with Gasteiger partial charge in [-0.2, -0.15) is 0 Å². The summed E-state index contributed by atoms with van der Waals surface area (Å²) in [4.78, 5) is 0. The summed E-state index contributed by atoms with van der Waals surface area (Å²) in [7, 11) is 0. The molecule has 0 spiro atoms. The molecule has 2 nitrogen and oxygen atoms in total. The van der Waals surface area contributed by atoms with Gasteiger partial charge in [0.25, 0.3) is 0 Å². The van der Waals surface area contributed by atoms with Gasteiger partial charge in [0.05, 0.1) is 6.61 Å². The number of hydrogen-bond donors (Lipinski definition) is 1. The summed E-state index contributed by atoms with van der Waals surface area (Å²) in [6.07, 6.45) is 2.32. The van der Waals surface area contributed by atoms with Gasteiger partial charge < -0.3 is 10.1 Å². The smallest absolute Gasteiger partial charge is 0.0507 e. The minimum absolute atomic E-state index is 0.462. The molecule has 1 N–H and O–H groups in total. The molecule has 94 valence electrons. The number of benzene rings is 1. The first-order valence-corrected chi connectivity index (χ1v) is 7.15. The highest BCUT2D eigenvalue weighted by molar-refractivity contribution is 9.10. The monoisotopic (exact) mass is 297 g/mol. The van der Waals surface area contributed by atoms with Gasteiger partial charge in [0.1, 0.15) is 0 Å². The number of nitrogens with one attached hydrogen (secondary N) is 1. The van der Waals surface area contributed by atoms with Crippen LogP contribution in [-0.2, 0) is 4.74 Å². The van der Waals surface area contributed by atoms with Crippen LogP contribution in [0.2, 0.25) is 0 Å². The lowest BCUT2D eigenvalue weighted by Crippen LogP contribution is -2.27. The molecular weight excluding hydrogens is 278 g/mol. The number of halogens is 1. The molecule has 0 saturated carbocycles. The summed E-state index contributed by atoms with van der Waals surface area (Å²) >= 11 is 3.47. The zero-order chi connectivity index (χ0) is 12.1. The number of hydrogen-bond acceptors (Lipinski definition) is 2. The molecule has 2 rings (SSSR count). The van der Waals surface area contributed by atoms with E-state index in [0.29, 0.717) is 12.0 Å². The van der Waals surface area contributed by atoms with Crippen LogP contribution in [0.5, 0.6) is 0 Å². The van der Waals surface area contributed by atoms with E-state index in [1.54, 1.807) is 0 Å². The molecule has 2 atom stereocenters. The zero-order valence-corrected chi connectivity index (χ0v) is 11.9. The van der Waals surface area contributed by atoms with E-state index < -0.39 is 0 Å². The summed E-state index contributed by atoms with van der Waals surface area (Å²) in [5.41, 5.74) is 1.37. The van der Waals surface area contributed by atoms with E-state index in [-0.39, 0.29) is 0 Å². The Hall–Kier alpha value is -0.380. The van der Waals surface area contributed by atoms with E-state index >= 15 is 0 Å². The first-order valence-electron chi connectivity index (χ1n) is 6.36. The second-order valence-electron chi connectivity index (χ2n) is 4.65. The predicted molar refractivity (Wildman–Crippen MR) is 74.1 cm³/mol. The van der Waals surface area contributed by atoms with Crippen LogP contribution in [-0.4, -0.2) is 19.8 Å². The summed E-state index contributed by atoms with van der Waals surface area (Å²) in [6, 6.07) is 9.06. The lowest BCUT2D eigenvalue weighted by Gasteiger charge is -2.19. The van der Waals surface area contributed by atoms with Crippen LogP contribution in [0.25, 0.3) is 0 Å². The van der Waals surface area contributed by atoms with Crippen molar-refractivity contribution in [1.29, 1.82) is 0 Å². The van der Waals surface area contributed by atoms with E-state index in [1.807, 2.05) is 0 Å². The summed E-state index contributed by atoms with van der Waals surface area (Å²) < 4.78 is 6.54. The standard InChI is InChI=1S/C14H20BrNO/c1-2-14(12-3-5-13(15)6-4-12)16-9-11-7-8-17-10-11/h3-6,11,14,16H,2,7-10H2,1H3. The highest BCUT2D eigenvalue weighted by Gasteiger charge is 2.17. The molecule has 1 aromatic carbocycles. The second kappa shape index (κ2) is 6.53. The average molecular weight is 298 g/mol. The highest BCUT2D eigenvalue weighted by atomic mass is 79.9. The molecule has 2 unspecified atom stereocenters. The normalized spacial score (nSPS) is 21.6. The number of ether oxygens (including phenoxy) is 1. The molecule has 3 heteroatoms. The van der Waals surface area contributed by atoms with E-state index in [2.05, 4.69) is 52.4 Å². The van der Waals surface area contributed by atoms with Gasteiger partial charge >= 0.3 is 0 Å². The van der Waals surface area contributed by atoms with Crippen molar-refractivity contribution in [2.75, 3.05) is 19.8 Å². The Balaban J connectivity index is 1.89. The van der Waals surface area contributed by atoms with Crippen LogP contribution in [0, 0.1) is 5.92 Å². The molecule has 1 aliphatic heterocycles. The molecule has 1 aliphatic rings. The maximum absolute atomic E-state index is 5.40. The minimum atomic E-state index is 0.462. The van der Waals surface area contributed by atoms with Crippen LogP contribution in [0.3, 0.4) is 0 Å². The molecule has 17 heavy (non-hydrogen) atoms. The Labute approximate surface area is 112 Å². The molecule has 0 aliphatic carbocycles. The zero-order valence-electron chi connectivity index (χ0n) is 10.3. The van der Waals surface area contributed by atoms with Gasteiger partial charge in [-0.1, -0.05) is 35.0 Å². The maximum atomic E-state index is 5.40. The molecule has 1 heterocycles. The van der Waals surface area contributed by atoms with Crippen LogP contribution in [0.1, 0.15) is 31.4 Å². The molecule has 0 aromatic heterocycles. The van der Waals surface area contributed by atoms with Gasteiger partial charge in [-0.15, -0.1) is 0 Å². The lowest BCUT2D eigenvalue weighted by atomic mass is 10.0. The molecule has 0 amide bonds. The van der Waals surface area contributed by atoms with Crippen LogP contribution in [0.15, 0.2) is 28.7 Å². The van der Waals surface area contributed by atoms with Crippen LogP contribution in [0.4, 0.5) is 0 Å². The van der Waals surface area contributed by atoms with Gasteiger partial charge in [-0.05, 0) is 36.5 Å². The van der Waals surface area contributed by atoms with Crippen molar-refractivity contribution in [2.45, 2.75) is 25.8 Å². The molecule has 1 fully saturated rings. The Bertz CT molecular complexity index is 333. The predicted octanol–water partition coefficient (Wildman–Crippen LogP) is 3.53.